The van der Waals surface area contributed by atoms with E-state index >= 15 is 0 Å². The van der Waals surface area contributed by atoms with E-state index in [-0.39, 0.29) is 17.7 Å². The molecule has 0 aliphatic rings. The molecule has 0 aromatic heterocycles. The van der Waals surface area contributed by atoms with Crippen molar-refractivity contribution in [1.82, 2.24) is 0 Å². The van der Waals surface area contributed by atoms with Crippen molar-refractivity contribution in [2.45, 2.75) is 13.3 Å². The molecule has 1 aromatic rings. The normalized spacial score (nSPS) is 9.56. The van der Waals surface area contributed by atoms with E-state index in [4.69, 9.17) is 10.00 Å². The van der Waals surface area contributed by atoms with Crippen LogP contribution in [0.3, 0.4) is 0 Å². The molecule has 1 rings (SSSR count). The zero-order valence-electron chi connectivity index (χ0n) is 8.66. The van der Waals surface area contributed by atoms with Crippen LogP contribution in [0.15, 0.2) is 16.6 Å². The van der Waals surface area contributed by atoms with E-state index in [1.54, 1.807) is 6.92 Å². The van der Waals surface area contributed by atoms with Crippen molar-refractivity contribution in [3.8, 4) is 11.8 Å². The van der Waals surface area contributed by atoms with Crippen LogP contribution < -0.4 is 0 Å². The Kier molecular flexibility index (Phi) is 4.32. The van der Waals surface area contributed by atoms with Gasteiger partial charge in [-0.05, 0) is 34.5 Å². The molecule has 0 bridgehead atoms. The Balaban J connectivity index is 3.02. The van der Waals surface area contributed by atoms with Crippen LogP contribution in [-0.2, 0) is 16.0 Å². The Hall–Kier alpha value is -1.54. The molecule has 0 unspecified atom stereocenters. The fourth-order valence-electron chi connectivity index (χ4n) is 1.24. The molecule has 0 heterocycles. The molecule has 0 saturated heterocycles. The summed E-state index contributed by atoms with van der Waals surface area (Å²) >= 11 is 3.10. The van der Waals surface area contributed by atoms with Crippen molar-refractivity contribution in [1.29, 1.82) is 5.26 Å². The number of aromatic hydroxyl groups is 1. The molecule has 4 nitrogen and oxygen atoms in total. The van der Waals surface area contributed by atoms with Crippen LogP contribution in [-0.4, -0.2) is 17.7 Å². The molecule has 0 fully saturated rings. The summed E-state index contributed by atoms with van der Waals surface area (Å²) in [6.07, 6.45) is 0.0234. The number of halogens is 1. The summed E-state index contributed by atoms with van der Waals surface area (Å²) in [7, 11) is 0. The molecule has 0 saturated carbocycles. The van der Waals surface area contributed by atoms with Crippen molar-refractivity contribution in [2.75, 3.05) is 6.61 Å². The van der Waals surface area contributed by atoms with Gasteiger partial charge in [-0.2, -0.15) is 5.26 Å². The number of phenols is 1. The van der Waals surface area contributed by atoms with E-state index in [0.717, 1.165) is 0 Å². The maximum atomic E-state index is 11.3. The molecule has 84 valence electrons. The topological polar surface area (TPSA) is 70.3 Å². The summed E-state index contributed by atoms with van der Waals surface area (Å²) in [5, 5.41) is 18.3. The molecule has 0 aliphatic heterocycles. The molecule has 0 atom stereocenters. The summed E-state index contributed by atoms with van der Waals surface area (Å²) in [5.74, 6) is -0.416. The fraction of sp³-hybridized carbons (Fsp3) is 0.273. The van der Waals surface area contributed by atoms with Crippen molar-refractivity contribution in [3.63, 3.8) is 0 Å². The lowest BCUT2D eigenvalue weighted by Crippen LogP contribution is -2.08. The maximum absolute atomic E-state index is 11.3. The first kappa shape index (κ1) is 12.5. The molecular formula is C11H10BrNO3. The molecule has 16 heavy (non-hydrogen) atoms. The number of phenolic OH excluding ortho intramolecular Hbond substituents is 1. The second-order valence-corrected chi connectivity index (χ2v) is 3.82. The number of ether oxygens (including phenoxy) is 1. The minimum atomic E-state index is -0.392. The molecule has 0 aliphatic carbocycles. The van der Waals surface area contributed by atoms with E-state index in [9.17, 15) is 9.90 Å². The third-order valence-corrected chi connectivity index (χ3v) is 2.76. The Morgan fingerprint density at radius 3 is 2.88 bits per heavy atom. The van der Waals surface area contributed by atoms with Gasteiger partial charge < -0.3 is 9.84 Å². The van der Waals surface area contributed by atoms with Gasteiger partial charge in [0.1, 0.15) is 11.8 Å². The van der Waals surface area contributed by atoms with Gasteiger partial charge in [0, 0.05) is 0 Å². The summed E-state index contributed by atoms with van der Waals surface area (Å²) < 4.78 is 5.09. The number of rotatable bonds is 3. The summed E-state index contributed by atoms with van der Waals surface area (Å²) in [6.45, 7) is 2.02. The van der Waals surface area contributed by atoms with E-state index in [1.165, 1.54) is 12.1 Å². The first-order chi connectivity index (χ1) is 7.60. The molecule has 5 heteroatoms. The number of carbonyl (C=O) groups is 1. The summed E-state index contributed by atoms with van der Waals surface area (Å²) in [6, 6.07) is 4.90. The third kappa shape index (κ3) is 2.74. The van der Waals surface area contributed by atoms with Crippen LogP contribution in [0.25, 0.3) is 0 Å². The number of nitriles is 1. The Labute approximate surface area is 102 Å². The quantitative estimate of drug-likeness (QED) is 0.863. The fourth-order valence-corrected chi connectivity index (χ4v) is 1.72. The van der Waals surface area contributed by atoms with Crippen LogP contribution in [0.1, 0.15) is 18.1 Å². The molecule has 0 spiro atoms. The van der Waals surface area contributed by atoms with Gasteiger partial charge in [-0.1, -0.05) is 6.07 Å². The predicted octanol–water partition coefficient (Wildman–Crippen LogP) is 2.13. The number of esters is 1. The average molecular weight is 284 g/mol. The van der Waals surface area contributed by atoms with Crippen LogP contribution in [0.4, 0.5) is 0 Å². The smallest absolute Gasteiger partial charge is 0.310 e. The Morgan fingerprint density at radius 1 is 1.62 bits per heavy atom. The van der Waals surface area contributed by atoms with Crippen molar-refractivity contribution < 1.29 is 14.6 Å². The lowest BCUT2D eigenvalue weighted by molar-refractivity contribution is -0.142. The first-order valence-corrected chi connectivity index (χ1v) is 5.45. The number of benzene rings is 1. The number of carbonyl (C=O) groups excluding carboxylic acids is 1. The monoisotopic (exact) mass is 283 g/mol. The molecule has 0 radical (unpaired) electrons. The highest BCUT2D eigenvalue weighted by Crippen LogP contribution is 2.29. The van der Waals surface area contributed by atoms with Crippen LogP contribution >= 0.6 is 15.9 Å². The van der Waals surface area contributed by atoms with Gasteiger partial charge in [-0.3, -0.25) is 4.79 Å². The van der Waals surface area contributed by atoms with Crippen LogP contribution in [0.2, 0.25) is 0 Å². The lowest BCUT2D eigenvalue weighted by Gasteiger charge is -2.06. The largest absolute Gasteiger partial charge is 0.507 e. The van der Waals surface area contributed by atoms with Crippen molar-refractivity contribution in [3.05, 3.63) is 27.7 Å². The van der Waals surface area contributed by atoms with Gasteiger partial charge in [-0.25, -0.2) is 0 Å². The van der Waals surface area contributed by atoms with Gasteiger partial charge in [-0.15, -0.1) is 0 Å². The van der Waals surface area contributed by atoms with Gasteiger partial charge in [0.05, 0.1) is 23.1 Å². The minimum Gasteiger partial charge on any atom is -0.507 e. The molecule has 0 amide bonds. The zero-order valence-corrected chi connectivity index (χ0v) is 10.2. The van der Waals surface area contributed by atoms with E-state index in [0.29, 0.717) is 16.6 Å². The van der Waals surface area contributed by atoms with Crippen molar-refractivity contribution in [2.24, 2.45) is 0 Å². The highest BCUT2D eigenvalue weighted by atomic mass is 79.9. The number of hydrogen-bond donors (Lipinski definition) is 1. The lowest BCUT2D eigenvalue weighted by atomic mass is 10.1. The van der Waals surface area contributed by atoms with Crippen molar-refractivity contribution >= 4 is 21.9 Å². The highest BCUT2D eigenvalue weighted by Gasteiger charge is 2.13. The van der Waals surface area contributed by atoms with E-state index in [2.05, 4.69) is 15.9 Å². The number of hydrogen-bond acceptors (Lipinski definition) is 4. The molecular weight excluding hydrogens is 274 g/mol. The van der Waals surface area contributed by atoms with Gasteiger partial charge >= 0.3 is 5.97 Å². The van der Waals surface area contributed by atoms with Gasteiger partial charge in [0.2, 0.25) is 0 Å². The predicted molar refractivity (Wildman–Crippen MR) is 60.9 cm³/mol. The second kappa shape index (κ2) is 5.52. The van der Waals surface area contributed by atoms with Crippen LogP contribution in [0, 0.1) is 11.3 Å². The minimum absolute atomic E-state index is 0.0234. The average Bonchev–Trinajstić information content (AvgIpc) is 2.24. The Morgan fingerprint density at radius 2 is 2.31 bits per heavy atom. The maximum Gasteiger partial charge on any atom is 0.310 e. The van der Waals surface area contributed by atoms with Gasteiger partial charge in [0.15, 0.2) is 0 Å². The second-order valence-electron chi connectivity index (χ2n) is 3.03. The SMILES string of the molecule is CCOC(=O)Cc1ccc(O)c(Br)c1C#N. The summed E-state index contributed by atoms with van der Waals surface area (Å²) in [4.78, 5) is 11.3. The summed E-state index contributed by atoms with van der Waals surface area (Å²) in [5.41, 5.74) is 0.790. The molecule has 1 N–H and O–H groups in total. The Bertz CT molecular complexity index is 451. The zero-order chi connectivity index (χ0) is 12.1. The van der Waals surface area contributed by atoms with Gasteiger partial charge in [0.25, 0.3) is 0 Å². The standard InChI is InChI=1S/C11H10BrNO3/c1-2-16-10(15)5-7-3-4-9(14)11(12)8(7)6-13/h3-4,14H,2,5H2,1H3. The van der Waals surface area contributed by atoms with Crippen LogP contribution in [0.5, 0.6) is 5.75 Å². The van der Waals surface area contributed by atoms with E-state index < -0.39 is 5.97 Å². The van der Waals surface area contributed by atoms with E-state index in [1.807, 2.05) is 6.07 Å². The molecule has 1 aromatic carbocycles. The highest BCUT2D eigenvalue weighted by molar-refractivity contribution is 9.10. The third-order valence-electron chi connectivity index (χ3n) is 1.96. The first-order valence-electron chi connectivity index (χ1n) is 4.66. The number of nitrogens with zero attached hydrogens (tertiary/aromatic N) is 1.